The molecular formula is C24H35N7O. The first-order valence-corrected chi connectivity index (χ1v) is 11.8. The Morgan fingerprint density at radius 2 is 1.81 bits per heavy atom. The monoisotopic (exact) mass is 437 g/mol. The highest BCUT2D eigenvalue weighted by Crippen LogP contribution is 2.17. The molecule has 0 saturated carbocycles. The topological polar surface area (TPSA) is 79.9 Å². The smallest absolute Gasteiger partial charge is 0.239 e. The van der Waals surface area contributed by atoms with E-state index in [0.717, 1.165) is 81.7 Å². The number of nitrogens with one attached hydrogen (secondary N) is 2. The fraction of sp³-hybridized carbons (Fsp3) is 0.542. The Morgan fingerprint density at radius 3 is 2.50 bits per heavy atom. The molecule has 2 aromatic rings. The van der Waals surface area contributed by atoms with Crippen LogP contribution in [-0.2, 0) is 11.3 Å². The summed E-state index contributed by atoms with van der Waals surface area (Å²) >= 11 is 0. The Morgan fingerprint density at radius 1 is 1.09 bits per heavy atom. The number of amides is 1. The van der Waals surface area contributed by atoms with Gasteiger partial charge in [-0.25, -0.2) is 9.98 Å². The number of nitrogens with zero attached hydrogens (tertiary/aromatic N) is 5. The van der Waals surface area contributed by atoms with Gasteiger partial charge in [0, 0.05) is 45.8 Å². The fourth-order valence-corrected chi connectivity index (χ4v) is 4.46. The van der Waals surface area contributed by atoms with Crippen molar-refractivity contribution in [1.82, 2.24) is 30.0 Å². The number of carbonyl (C=O) groups is 1. The van der Waals surface area contributed by atoms with E-state index in [1.54, 1.807) is 0 Å². The van der Waals surface area contributed by atoms with Gasteiger partial charge in [-0.2, -0.15) is 0 Å². The first-order chi connectivity index (χ1) is 15.7. The van der Waals surface area contributed by atoms with E-state index < -0.39 is 0 Å². The second-order valence-electron chi connectivity index (χ2n) is 8.51. The summed E-state index contributed by atoms with van der Waals surface area (Å²) < 4.78 is 0. The average Bonchev–Trinajstić information content (AvgIpc) is 3.54. The van der Waals surface area contributed by atoms with Crippen molar-refractivity contribution in [3.63, 3.8) is 0 Å². The number of H-pyrrole nitrogens is 1. The second-order valence-corrected chi connectivity index (χ2v) is 8.51. The van der Waals surface area contributed by atoms with Crippen LogP contribution in [0.1, 0.15) is 32.5 Å². The van der Waals surface area contributed by atoms with Crippen LogP contribution in [0.2, 0.25) is 0 Å². The van der Waals surface area contributed by atoms with Crippen LogP contribution in [0.15, 0.2) is 41.5 Å². The number of hydrogen-bond donors (Lipinski definition) is 2. The number of rotatable bonds is 6. The van der Waals surface area contributed by atoms with Crippen molar-refractivity contribution < 1.29 is 4.79 Å². The van der Waals surface area contributed by atoms with Crippen molar-refractivity contribution in [3.8, 4) is 11.3 Å². The molecule has 0 radical (unpaired) electrons. The maximum absolute atomic E-state index is 12.8. The first-order valence-electron chi connectivity index (χ1n) is 11.8. The van der Waals surface area contributed by atoms with Crippen LogP contribution in [0.25, 0.3) is 11.3 Å². The molecule has 3 heterocycles. The van der Waals surface area contributed by atoms with Crippen LogP contribution in [0.5, 0.6) is 0 Å². The number of guanidine groups is 1. The quantitative estimate of drug-likeness (QED) is 0.535. The second kappa shape index (κ2) is 10.6. The number of benzene rings is 1. The van der Waals surface area contributed by atoms with Gasteiger partial charge in [0.05, 0.1) is 17.9 Å². The van der Waals surface area contributed by atoms with E-state index in [9.17, 15) is 4.79 Å². The number of likely N-dealkylation sites (tertiary alicyclic amines) is 1. The molecule has 8 heteroatoms. The summed E-state index contributed by atoms with van der Waals surface area (Å²) in [6, 6.07) is 10.2. The molecular weight excluding hydrogens is 402 g/mol. The zero-order valence-corrected chi connectivity index (χ0v) is 19.3. The summed E-state index contributed by atoms with van der Waals surface area (Å²) in [4.78, 5) is 32.1. The highest BCUT2D eigenvalue weighted by molar-refractivity contribution is 5.82. The van der Waals surface area contributed by atoms with Crippen LogP contribution < -0.4 is 5.32 Å². The van der Waals surface area contributed by atoms with Gasteiger partial charge in [-0.05, 0) is 32.3 Å². The van der Waals surface area contributed by atoms with Gasteiger partial charge in [0.1, 0.15) is 12.4 Å². The maximum Gasteiger partial charge on any atom is 0.239 e. The van der Waals surface area contributed by atoms with E-state index in [1.165, 1.54) is 0 Å². The van der Waals surface area contributed by atoms with Gasteiger partial charge in [-0.15, -0.1) is 0 Å². The van der Waals surface area contributed by atoms with Gasteiger partial charge in [-0.1, -0.05) is 30.3 Å². The molecule has 4 rings (SSSR count). The van der Waals surface area contributed by atoms with E-state index in [0.29, 0.717) is 6.54 Å². The SMILES string of the molecule is CCNC(=NCc1ncc(-c2ccccc2)[nH]1)N1CCN(C(C)C(=O)N2CCCC2)CC1. The third kappa shape index (κ3) is 5.30. The molecule has 2 aliphatic heterocycles. The van der Waals surface area contributed by atoms with Gasteiger partial charge < -0.3 is 20.1 Å². The molecule has 32 heavy (non-hydrogen) atoms. The molecule has 1 amide bonds. The minimum atomic E-state index is -0.0469. The van der Waals surface area contributed by atoms with Crippen LogP contribution in [0.3, 0.4) is 0 Å². The molecule has 0 bridgehead atoms. The zero-order valence-electron chi connectivity index (χ0n) is 19.3. The lowest BCUT2D eigenvalue weighted by Gasteiger charge is -2.39. The van der Waals surface area contributed by atoms with Gasteiger partial charge in [0.15, 0.2) is 5.96 Å². The van der Waals surface area contributed by atoms with E-state index in [-0.39, 0.29) is 11.9 Å². The molecule has 1 aromatic heterocycles. The molecule has 0 spiro atoms. The summed E-state index contributed by atoms with van der Waals surface area (Å²) in [5.74, 6) is 2.04. The van der Waals surface area contributed by atoms with Crippen molar-refractivity contribution in [2.45, 2.75) is 39.3 Å². The summed E-state index contributed by atoms with van der Waals surface area (Å²) in [6.45, 7) is 10.7. The van der Waals surface area contributed by atoms with Crippen LogP contribution in [0.4, 0.5) is 0 Å². The Kier molecular flexibility index (Phi) is 7.42. The average molecular weight is 438 g/mol. The molecule has 1 atom stereocenters. The van der Waals surface area contributed by atoms with Crippen LogP contribution in [-0.4, -0.2) is 88.4 Å². The van der Waals surface area contributed by atoms with E-state index in [4.69, 9.17) is 4.99 Å². The van der Waals surface area contributed by atoms with Crippen molar-refractivity contribution in [2.24, 2.45) is 4.99 Å². The molecule has 8 nitrogen and oxygen atoms in total. The molecule has 172 valence electrons. The number of imidazole rings is 1. The standard InChI is InChI=1S/C24H35N7O/c1-3-25-24(27-18-22-26-17-21(28-22)20-9-5-4-6-10-20)31-15-13-29(14-16-31)19(2)23(32)30-11-7-8-12-30/h4-6,9-10,17,19H,3,7-8,11-16,18H2,1-2H3,(H,25,27)(H,26,28). The van der Waals surface area contributed by atoms with E-state index >= 15 is 0 Å². The van der Waals surface area contributed by atoms with Gasteiger partial charge >= 0.3 is 0 Å². The molecule has 0 aliphatic carbocycles. The number of carbonyl (C=O) groups excluding carboxylic acids is 1. The number of aromatic nitrogens is 2. The lowest BCUT2D eigenvalue weighted by atomic mass is 10.2. The third-order valence-electron chi connectivity index (χ3n) is 6.36. The molecule has 2 N–H and O–H groups in total. The van der Waals surface area contributed by atoms with E-state index in [1.807, 2.05) is 29.3 Å². The molecule has 2 fully saturated rings. The van der Waals surface area contributed by atoms with Gasteiger partial charge in [0.25, 0.3) is 0 Å². The zero-order chi connectivity index (χ0) is 22.3. The highest BCUT2D eigenvalue weighted by Gasteiger charge is 2.30. The number of hydrogen-bond acceptors (Lipinski definition) is 4. The molecule has 2 aliphatic rings. The highest BCUT2D eigenvalue weighted by atomic mass is 16.2. The van der Waals surface area contributed by atoms with Crippen LogP contribution in [0, 0.1) is 0 Å². The number of aromatic amines is 1. The lowest BCUT2D eigenvalue weighted by molar-refractivity contribution is -0.135. The molecule has 1 aromatic carbocycles. The van der Waals surface area contributed by atoms with Crippen LogP contribution >= 0.6 is 0 Å². The summed E-state index contributed by atoms with van der Waals surface area (Å²) in [5, 5.41) is 3.41. The Bertz CT molecular complexity index is 896. The maximum atomic E-state index is 12.8. The molecule has 1 unspecified atom stereocenters. The van der Waals surface area contributed by atoms with Crippen molar-refractivity contribution in [2.75, 3.05) is 45.8 Å². The first kappa shape index (κ1) is 22.3. The normalized spacial score (nSPS) is 18.8. The largest absolute Gasteiger partial charge is 0.357 e. The van der Waals surface area contributed by atoms with Crippen molar-refractivity contribution >= 4 is 11.9 Å². The minimum absolute atomic E-state index is 0.0469. The van der Waals surface area contributed by atoms with E-state index in [2.05, 4.69) is 51.1 Å². The van der Waals surface area contributed by atoms with Gasteiger partial charge in [-0.3, -0.25) is 9.69 Å². The third-order valence-corrected chi connectivity index (χ3v) is 6.36. The molecule has 2 saturated heterocycles. The van der Waals surface area contributed by atoms with Crippen molar-refractivity contribution in [3.05, 3.63) is 42.4 Å². The Balaban J connectivity index is 1.34. The predicted molar refractivity (Wildman–Crippen MR) is 127 cm³/mol. The number of piperazine rings is 1. The predicted octanol–water partition coefficient (Wildman–Crippen LogP) is 2.17. The fourth-order valence-electron chi connectivity index (χ4n) is 4.46. The Hall–Kier alpha value is -2.87. The van der Waals surface area contributed by atoms with Gasteiger partial charge in [0.2, 0.25) is 5.91 Å². The summed E-state index contributed by atoms with van der Waals surface area (Å²) in [7, 11) is 0. The summed E-state index contributed by atoms with van der Waals surface area (Å²) in [6.07, 6.45) is 4.14. The summed E-state index contributed by atoms with van der Waals surface area (Å²) in [5.41, 5.74) is 2.13. The number of aliphatic imine (C=N–C) groups is 1. The lowest BCUT2D eigenvalue weighted by Crippen LogP contribution is -2.57. The van der Waals surface area contributed by atoms with Crippen molar-refractivity contribution in [1.29, 1.82) is 0 Å². The minimum Gasteiger partial charge on any atom is -0.357 e. The Labute approximate surface area is 190 Å².